The van der Waals surface area contributed by atoms with Crippen LogP contribution in [0.3, 0.4) is 0 Å². The van der Waals surface area contributed by atoms with Gasteiger partial charge in [0.05, 0.1) is 12.2 Å². The van der Waals surface area contributed by atoms with Crippen LogP contribution in [0, 0.1) is 5.92 Å². The lowest BCUT2D eigenvalue weighted by Gasteiger charge is -2.31. The van der Waals surface area contributed by atoms with Crippen LogP contribution in [0.25, 0.3) is 0 Å². The van der Waals surface area contributed by atoms with Gasteiger partial charge in [0.15, 0.2) is 0 Å². The summed E-state index contributed by atoms with van der Waals surface area (Å²) in [6.45, 7) is 4.18. The number of sulfonamides is 1. The molecule has 1 aliphatic rings. The molecule has 0 unspecified atom stereocenters. The van der Waals surface area contributed by atoms with Crippen molar-refractivity contribution in [3.8, 4) is 0 Å². The van der Waals surface area contributed by atoms with Crippen molar-refractivity contribution in [1.82, 2.24) is 30.5 Å². The number of hydrogen-bond donors (Lipinski definition) is 6. The molecule has 5 atom stereocenters. The van der Waals surface area contributed by atoms with E-state index in [0.717, 1.165) is 0 Å². The summed E-state index contributed by atoms with van der Waals surface area (Å²) in [5, 5.41) is 17.0. The van der Waals surface area contributed by atoms with Crippen molar-refractivity contribution in [3.05, 3.63) is 71.8 Å². The Morgan fingerprint density at radius 2 is 1.35 bits per heavy atom. The maximum atomic E-state index is 14.1. The van der Waals surface area contributed by atoms with Crippen molar-refractivity contribution >= 4 is 45.5 Å². The van der Waals surface area contributed by atoms with Crippen LogP contribution in [-0.2, 0) is 51.6 Å². The number of carboxylic acid groups (broad SMARTS) is 1. The Labute approximate surface area is 316 Å². The molecule has 5 amide bonds. The molecular weight excluding hydrogens is 719 g/mol. The van der Waals surface area contributed by atoms with Crippen molar-refractivity contribution < 1.29 is 42.3 Å². The summed E-state index contributed by atoms with van der Waals surface area (Å²) in [7, 11) is -0.356. The number of benzene rings is 2. The van der Waals surface area contributed by atoms with Gasteiger partial charge in [-0.05, 0) is 50.4 Å². The number of nitrogens with zero attached hydrogens (tertiary/aromatic N) is 2. The summed E-state index contributed by atoms with van der Waals surface area (Å²) in [5.74, 6) is -5.49. The first kappa shape index (κ1) is 43.5. The Balaban J connectivity index is 1.88. The van der Waals surface area contributed by atoms with Gasteiger partial charge in [-0.15, -0.1) is 0 Å². The van der Waals surface area contributed by atoms with Crippen LogP contribution < -0.4 is 26.4 Å². The number of carbonyl (C=O) groups is 6. The van der Waals surface area contributed by atoms with Gasteiger partial charge in [0.1, 0.15) is 30.2 Å². The van der Waals surface area contributed by atoms with Crippen LogP contribution >= 0.6 is 0 Å². The molecule has 16 nitrogen and oxygen atoms in total. The molecule has 3 rings (SSSR count). The number of carboxylic acids is 1. The second kappa shape index (κ2) is 20.5. The zero-order chi connectivity index (χ0) is 40.0. The minimum atomic E-state index is -3.84. The number of primary amides is 1. The van der Waals surface area contributed by atoms with Crippen molar-refractivity contribution in [1.29, 1.82) is 0 Å². The van der Waals surface area contributed by atoms with Crippen LogP contribution in [0.1, 0.15) is 50.7 Å². The highest BCUT2D eigenvalue weighted by atomic mass is 32.2. The number of nitrogens with one attached hydrogen (secondary N) is 4. The summed E-state index contributed by atoms with van der Waals surface area (Å²) in [6.07, 6.45) is 0.136. The summed E-state index contributed by atoms with van der Waals surface area (Å²) in [4.78, 5) is 81.9. The van der Waals surface area contributed by atoms with Crippen LogP contribution in [0.4, 0.5) is 0 Å². The molecule has 2 aromatic carbocycles. The summed E-state index contributed by atoms with van der Waals surface area (Å²) >= 11 is 0. The highest BCUT2D eigenvalue weighted by Crippen LogP contribution is 2.21. The van der Waals surface area contributed by atoms with Gasteiger partial charge >= 0.3 is 5.97 Å². The Bertz CT molecular complexity index is 1710. The van der Waals surface area contributed by atoms with E-state index >= 15 is 0 Å². The van der Waals surface area contributed by atoms with Gasteiger partial charge in [0.25, 0.3) is 0 Å². The fourth-order valence-electron chi connectivity index (χ4n) is 6.08. The SMILES string of the molecule is CC(C)C[C@H](NS(=O)(=O)CCN(C)C)C(=O)N1CCC[C@H]1C(=O)N[C@@H](Cc1ccccc1)C(=O)N[C@@H](Cc1ccccc1)C(=O)N[C@@H](CC(=O)O)C(N)=O. The third-order valence-corrected chi connectivity index (χ3v) is 10.2. The number of rotatable bonds is 21. The van der Waals surface area contributed by atoms with Gasteiger partial charge < -0.3 is 36.6 Å². The van der Waals surface area contributed by atoms with E-state index in [-0.39, 0.29) is 50.4 Å². The molecule has 54 heavy (non-hydrogen) atoms. The molecule has 7 N–H and O–H groups in total. The monoisotopic (exact) mass is 771 g/mol. The molecule has 1 fully saturated rings. The van der Waals surface area contributed by atoms with E-state index in [2.05, 4.69) is 20.7 Å². The normalized spacial score (nSPS) is 16.6. The first-order valence-electron chi connectivity index (χ1n) is 17.9. The molecule has 0 saturated carbocycles. The van der Waals surface area contributed by atoms with Crippen molar-refractivity contribution in [2.75, 3.05) is 32.9 Å². The first-order chi connectivity index (χ1) is 25.5. The van der Waals surface area contributed by atoms with E-state index in [1.165, 1.54) is 4.90 Å². The van der Waals surface area contributed by atoms with Crippen molar-refractivity contribution in [2.24, 2.45) is 11.7 Å². The van der Waals surface area contributed by atoms with E-state index in [9.17, 15) is 42.3 Å². The second-order valence-electron chi connectivity index (χ2n) is 14.2. The minimum absolute atomic E-state index is 0.00330. The van der Waals surface area contributed by atoms with Crippen LogP contribution in [-0.4, -0.2) is 122 Å². The summed E-state index contributed by atoms with van der Waals surface area (Å²) < 4.78 is 28.4. The third-order valence-electron chi connectivity index (χ3n) is 8.84. The number of likely N-dealkylation sites (tertiary alicyclic amines) is 1. The van der Waals surface area contributed by atoms with E-state index in [1.807, 2.05) is 13.8 Å². The van der Waals surface area contributed by atoms with Crippen LogP contribution in [0.2, 0.25) is 0 Å². The number of hydrogen-bond acceptors (Lipinski definition) is 9. The molecule has 296 valence electrons. The largest absolute Gasteiger partial charge is 0.481 e. The zero-order valence-corrected chi connectivity index (χ0v) is 32.0. The van der Waals surface area contributed by atoms with Crippen LogP contribution in [0.15, 0.2) is 60.7 Å². The molecule has 0 spiro atoms. The minimum Gasteiger partial charge on any atom is -0.481 e. The standard InChI is InChI=1S/C37H53N7O9S/c1-24(2)20-30(42-54(52,53)19-18-43(3)4)37(51)44-17-11-16-31(44)36(50)41-29(22-26-14-9-6-10-15-26)35(49)40-28(21-25-12-7-5-8-13-25)34(48)39-27(33(38)47)23-32(45)46/h5-10,12-15,24,27-31,42H,11,16-23H2,1-4H3,(H2,38,47)(H,39,48)(H,40,49)(H,41,50)(H,45,46)/t27-,28-,29-,30-,31-/m0/s1. The first-order valence-corrected chi connectivity index (χ1v) is 19.6. The lowest BCUT2D eigenvalue weighted by atomic mass is 10.0. The highest BCUT2D eigenvalue weighted by Gasteiger charge is 2.40. The van der Waals surface area contributed by atoms with E-state index in [1.54, 1.807) is 79.7 Å². The molecule has 1 aliphatic heterocycles. The second-order valence-corrected chi connectivity index (χ2v) is 16.0. The molecule has 0 aliphatic carbocycles. The molecule has 0 radical (unpaired) electrons. The zero-order valence-electron chi connectivity index (χ0n) is 31.2. The summed E-state index contributed by atoms with van der Waals surface area (Å²) in [5.41, 5.74) is 6.67. The quantitative estimate of drug-likeness (QED) is 0.0976. The average Bonchev–Trinajstić information content (AvgIpc) is 3.60. The molecule has 2 aromatic rings. The van der Waals surface area contributed by atoms with E-state index < -0.39 is 82.2 Å². The molecule has 1 heterocycles. The Morgan fingerprint density at radius 1 is 0.833 bits per heavy atom. The average molecular weight is 772 g/mol. The number of amides is 5. The molecule has 0 aromatic heterocycles. The smallest absolute Gasteiger partial charge is 0.305 e. The number of carbonyl (C=O) groups excluding carboxylic acids is 5. The van der Waals surface area contributed by atoms with Crippen molar-refractivity contribution in [3.63, 3.8) is 0 Å². The third kappa shape index (κ3) is 14.2. The molecular formula is C37H53N7O9S. The van der Waals surface area contributed by atoms with Gasteiger partial charge in [0, 0.05) is 25.9 Å². The Kier molecular flexibility index (Phi) is 16.6. The number of aliphatic carboxylic acids is 1. The molecule has 1 saturated heterocycles. The maximum absolute atomic E-state index is 14.1. The van der Waals surface area contributed by atoms with E-state index in [0.29, 0.717) is 17.5 Å². The lowest BCUT2D eigenvalue weighted by molar-refractivity contribution is -0.141. The molecule has 17 heteroatoms. The van der Waals surface area contributed by atoms with E-state index in [4.69, 9.17) is 5.73 Å². The topological polar surface area (TPSA) is 237 Å². The van der Waals surface area contributed by atoms with Gasteiger partial charge in [-0.3, -0.25) is 28.8 Å². The molecule has 0 bridgehead atoms. The fraction of sp³-hybridized carbons (Fsp3) is 0.514. The van der Waals surface area contributed by atoms with Gasteiger partial charge in [-0.2, -0.15) is 0 Å². The lowest BCUT2D eigenvalue weighted by Crippen LogP contribution is -2.59. The predicted molar refractivity (Wildman–Crippen MR) is 201 cm³/mol. The number of nitrogens with two attached hydrogens (primary N) is 1. The highest BCUT2D eigenvalue weighted by molar-refractivity contribution is 7.89. The van der Waals surface area contributed by atoms with Crippen molar-refractivity contribution in [2.45, 2.75) is 82.6 Å². The van der Waals surface area contributed by atoms with Gasteiger partial charge in [-0.1, -0.05) is 74.5 Å². The van der Waals surface area contributed by atoms with Gasteiger partial charge in [0.2, 0.25) is 39.6 Å². The maximum Gasteiger partial charge on any atom is 0.305 e. The van der Waals surface area contributed by atoms with Crippen LogP contribution in [0.5, 0.6) is 0 Å². The Hall–Kier alpha value is -4.87. The predicted octanol–water partition coefficient (Wildman–Crippen LogP) is -0.227. The van der Waals surface area contributed by atoms with Gasteiger partial charge in [-0.25, -0.2) is 13.1 Å². The summed E-state index contributed by atoms with van der Waals surface area (Å²) in [6, 6.07) is 11.3. The Morgan fingerprint density at radius 3 is 1.83 bits per heavy atom. The fourth-order valence-corrected chi connectivity index (χ4v) is 7.43.